The van der Waals surface area contributed by atoms with Crippen molar-refractivity contribution in [3.63, 3.8) is 0 Å². The molecule has 2 bridgehead atoms. The molecule has 2 aromatic carbocycles. The maximum Gasteiger partial charge on any atom is 0.250 e. The zero-order chi connectivity index (χ0) is 27.1. The Kier molecular flexibility index (Phi) is 7.24. The Hall–Kier alpha value is -2.94. The number of ether oxygens (including phenoxy) is 1. The number of anilines is 1. The molecule has 0 radical (unpaired) electrons. The van der Waals surface area contributed by atoms with Crippen molar-refractivity contribution in [1.29, 1.82) is 0 Å². The largest absolute Gasteiger partial charge is 0.394 e. The molecule has 3 fully saturated rings. The highest BCUT2D eigenvalue weighted by Gasteiger charge is 2.79. The smallest absolute Gasteiger partial charge is 0.250 e. The van der Waals surface area contributed by atoms with E-state index in [-0.39, 0.29) is 18.4 Å². The molecule has 8 nitrogen and oxygen atoms in total. The lowest BCUT2D eigenvalue weighted by Gasteiger charge is -2.37. The molecule has 0 saturated carbocycles. The summed E-state index contributed by atoms with van der Waals surface area (Å²) in [4.78, 5) is 43.3. The number of hydrogen-bond acceptors (Lipinski definition) is 5. The van der Waals surface area contributed by atoms with E-state index >= 15 is 0 Å². The van der Waals surface area contributed by atoms with Crippen LogP contribution in [0.3, 0.4) is 0 Å². The Morgan fingerprint density at radius 1 is 1.11 bits per heavy atom. The fourth-order valence-electron chi connectivity index (χ4n) is 6.80. The van der Waals surface area contributed by atoms with Crippen LogP contribution < -0.4 is 10.6 Å². The van der Waals surface area contributed by atoms with Crippen molar-refractivity contribution in [3.8, 4) is 0 Å². The monoisotopic (exact) mass is 539 g/mol. The Morgan fingerprint density at radius 3 is 2.45 bits per heavy atom. The van der Waals surface area contributed by atoms with Gasteiger partial charge in [0, 0.05) is 17.3 Å². The van der Waals surface area contributed by atoms with E-state index in [0.29, 0.717) is 42.9 Å². The summed E-state index contributed by atoms with van der Waals surface area (Å²) < 4.78 is 6.75. The fraction of sp³-hybridized carbons (Fsp3) is 0.483. The Bertz CT molecular complexity index is 1200. The van der Waals surface area contributed by atoms with Crippen molar-refractivity contribution in [2.24, 2.45) is 11.8 Å². The minimum atomic E-state index is -1.15. The van der Waals surface area contributed by atoms with Crippen LogP contribution in [0.15, 0.2) is 54.6 Å². The molecule has 3 aliphatic rings. The average Bonchev–Trinajstić information content (AvgIpc) is 3.54. The molecule has 6 atom stereocenters. The summed E-state index contributed by atoms with van der Waals surface area (Å²) in [5, 5.41) is 16.7. The first-order valence-electron chi connectivity index (χ1n) is 13.3. The molecule has 3 heterocycles. The number of carbonyl (C=O) groups excluding carboxylic acids is 3. The summed E-state index contributed by atoms with van der Waals surface area (Å²) in [6.07, 6.45) is 2.06. The van der Waals surface area contributed by atoms with Crippen LogP contribution in [0.2, 0.25) is 5.02 Å². The zero-order valence-electron chi connectivity index (χ0n) is 21.7. The van der Waals surface area contributed by atoms with Gasteiger partial charge in [-0.05, 0) is 55.5 Å². The Balaban J connectivity index is 1.50. The lowest BCUT2D eigenvalue weighted by Crippen LogP contribution is -2.56. The molecular weight excluding hydrogens is 506 g/mol. The summed E-state index contributed by atoms with van der Waals surface area (Å²) in [5.74, 6) is -2.49. The third-order valence-corrected chi connectivity index (χ3v) is 8.90. The lowest BCUT2D eigenvalue weighted by atomic mass is 9.65. The number of nitrogens with one attached hydrogen (secondary N) is 2. The third-order valence-electron chi connectivity index (χ3n) is 8.65. The predicted octanol–water partition coefficient (Wildman–Crippen LogP) is 3.52. The van der Waals surface area contributed by atoms with E-state index in [2.05, 4.69) is 10.6 Å². The minimum absolute atomic E-state index is 0.244. The predicted molar refractivity (Wildman–Crippen MR) is 143 cm³/mol. The van der Waals surface area contributed by atoms with Crippen LogP contribution in [-0.4, -0.2) is 57.6 Å². The topological polar surface area (TPSA) is 108 Å². The van der Waals surface area contributed by atoms with E-state index in [1.54, 1.807) is 24.3 Å². The molecule has 38 heavy (non-hydrogen) atoms. The molecule has 2 unspecified atom stereocenters. The first-order chi connectivity index (χ1) is 18.3. The molecule has 5 rings (SSSR count). The molecule has 3 N–H and O–H groups in total. The number of likely N-dealkylation sites (tertiary alicyclic amines) is 1. The molecule has 2 aromatic rings. The van der Waals surface area contributed by atoms with Gasteiger partial charge in [0.25, 0.3) is 0 Å². The molecule has 3 amide bonds. The number of aliphatic hydroxyl groups excluding tert-OH is 1. The summed E-state index contributed by atoms with van der Waals surface area (Å²) in [6, 6.07) is 14.8. The second-order valence-corrected chi connectivity index (χ2v) is 11.0. The number of carbonyl (C=O) groups is 3. The summed E-state index contributed by atoms with van der Waals surface area (Å²) in [6.45, 7) is 3.87. The number of rotatable bonds is 9. The Labute approximate surface area is 227 Å². The van der Waals surface area contributed by atoms with Crippen LogP contribution in [0.1, 0.15) is 45.1 Å². The van der Waals surface area contributed by atoms with Gasteiger partial charge >= 0.3 is 0 Å². The summed E-state index contributed by atoms with van der Waals surface area (Å²) >= 11 is 6.01. The number of fused-ring (bicyclic) bond motifs is 1. The van der Waals surface area contributed by atoms with Crippen LogP contribution >= 0.6 is 11.6 Å². The number of nitrogens with zero attached hydrogens (tertiary/aromatic N) is 1. The van der Waals surface area contributed by atoms with E-state index in [1.807, 2.05) is 44.2 Å². The van der Waals surface area contributed by atoms with Gasteiger partial charge in [0.2, 0.25) is 17.7 Å². The highest BCUT2D eigenvalue weighted by Crippen LogP contribution is 2.64. The molecule has 0 aromatic heterocycles. The van der Waals surface area contributed by atoms with Crippen LogP contribution in [0, 0.1) is 11.8 Å². The highest BCUT2D eigenvalue weighted by molar-refractivity contribution is 6.30. The first kappa shape index (κ1) is 26.7. The van der Waals surface area contributed by atoms with Crippen LogP contribution in [0.25, 0.3) is 0 Å². The maximum atomic E-state index is 14.1. The van der Waals surface area contributed by atoms with Gasteiger partial charge in [0.05, 0.1) is 30.1 Å². The Morgan fingerprint density at radius 2 is 1.82 bits per heavy atom. The molecule has 3 saturated heterocycles. The molecule has 1 spiro atoms. The zero-order valence-corrected chi connectivity index (χ0v) is 22.4. The van der Waals surface area contributed by atoms with Crippen LogP contribution in [0.4, 0.5) is 5.69 Å². The normalized spacial score (nSPS) is 30.3. The van der Waals surface area contributed by atoms with E-state index in [1.165, 1.54) is 4.90 Å². The van der Waals surface area contributed by atoms with Gasteiger partial charge in [-0.3, -0.25) is 14.4 Å². The van der Waals surface area contributed by atoms with E-state index in [4.69, 9.17) is 16.3 Å². The number of aliphatic hydroxyl groups is 1. The molecular formula is C29H34ClN3O5. The fourth-order valence-corrected chi connectivity index (χ4v) is 6.93. The number of halogens is 1. The second-order valence-electron chi connectivity index (χ2n) is 10.5. The molecule has 3 aliphatic heterocycles. The van der Waals surface area contributed by atoms with E-state index in [0.717, 1.165) is 5.56 Å². The van der Waals surface area contributed by atoms with Crippen molar-refractivity contribution in [2.75, 3.05) is 11.9 Å². The van der Waals surface area contributed by atoms with Gasteiger partial charge in [-0.25, -0.2) is 0 Å². The lowest BCUT2D eigenvalue weighted by molar-refractivity contribution is -0.149. The van der Waals surface area contributed by atoms with Gasteiger partial charge in [-0.1, -0.05) is 55.8 Å². The quantitative estimate of drug-likeness (QED) is 0.452. The van der Waals surface area contributed by atoms with Crippen molar-refractivity contribution in [2.45, 2.75) is 69.4 Å². The SMILES string of the molecule is CC[C@@H](CO)N1C(=O)[C@@H]2[C@H](C(=O)NCc3ccccc3)[C@]3(CC)CCC2(O3)C1C(=O)Nc1ccc(Cl)cc1. The number of amides is 3. The van der Waals surface area contributed by atoms with Gasteiger partial charge in [0.15, 0.2) is 0 Å². The highest BCUT2D eigenvalue weighted by atomic mass is 35.5. The molecule has 0 aliphatic carbocycles. The number of benzene rings is 2. The van der Waals surface area contributed by atoms with Gasteiger partial charge < -0.3 is 25.4 Å². The maximum absolute atomic E-state index is 14.1. The molecule has 9 heteroatoms. The first-order valence-corrected chi connectivity index (χ1v) is 13.7. The third kappa shape index (κ3) is 4.19. The van der Waals surface area contributed by atoms with Crippen molar-refractivity contribution >= 4 is 35.0 Å². The van der Waals surface area contributed by atoms with Crippen molar-refractivity contribution in [1.82, 2.24) is 10.2 Å². The summed E-state index contributed by atoms with van der Waals surface area (Å²) in [5.41, 5.74) is -0.483. The van der Waals surface area contributed by atoms with Crippen LogP contribution in [-0.2, 0) is 25.7 Å². The van der Waals surface area contributed by atoms with E-state index in [9.17, 15) is 19.5 Å². The number of hydrogen-bond donors (Lipinski definition) is 3. The summed E-state index contributed by atoms with van der Waals surface area (Å²) in [7, 11) is 0. The second kappa shape index (κ2) is 10.3. The minimum Gasteiger partial charge on any atom is -0.394 e. The van der Waals surface area contributed by atoms with Crippen molar-refractivity contribution in [3.05, 3.63) is 65.2 Å². The standard InChI is InChI=1S/C29H34ClN3O5/c1-3-21(17-34)33-24(26(36)32-20-12-10-19(30)11-13-20)29-15-14-28(4-2,38-29)22(23(29)27(33)37)25(35)31-16-18-8-6-5-7-9-18/h5-13,21-24,34H,3-4,14-17H2,1-2H3,(H,31,35)(H,32,36)/t21-,22+,23-,24?,28-,29?/m0/s1. The van der Waals surface area contributed by atoms with E-state index < -0.39 is 41.0 Å². The van der Waals surface area contributed by atoms with Crippen molar-refractivity contribution < 1.29 is 24.2 Å². The van der Waals surface area contributed by atoms with Crippen LogP contribution in [0.5, 0.6) is 0 Å². The molecule has 202 valence electrons. The van der Waals surface area contributed by atoms with Gasteiger partial charge in [-0.15, -0.1) is 0 Å². The average molecular weight is 540 g/mol. The van der Waals surface area contributed by atoms with Gasteiger partial charge in [0.1, 0.15) is 11.6 Å². The van der Waals surface area contributed by atoms with Gasteiger partial charge in [-0.2, -0.15) is 0 Å².